The molecule has 2 rings (SSSR count). The van der Waals surface area contributed by atoms with Crippen molar-refractivity contribution in [3.63, 3.8) is 0 Å². The molecule has 1 aromatic heterocycles. The minimum atomic E-state index is 0.461. The Labute approximate surface area is 94.3 Å². The molecule has 15 heavy (non-hydrogen) atoms. The van der Waals surface area contributed by atoms with Crippen LogP contribution in [0.15, 0.2) is 10.9 Å². The van der Waals surface area contributed by atoms with Gasteiger partial charge in [-0.25, -0.2) is 4.98 Å². The van der Waals surface area contributed by atoms with Gasteiger partial charge in [-0.15, -0.1) is 11.3 Å². The average molecular weight is 227 g/mol. The second kappa shape index (κ2) is 5.55. The molecule has 84 valence electrons. The summed E-state index contributed by atoms with van der Waals surface area (Å²) in [6.07, 6.45) is 0. The van der Waals surface area contributed by atoms with Crippen molar-refractivity contribution in [1.29, 1.82) is 0 Å². The van der Waals surface area contributed by atoms with E-state index < -0.39 is 0 Å². The maximum Gasteiger partial charge on any atom is 0.0795 e. The number of hydrogen-bond acceptors (Lipinski definition) is 5. The van der Waals surface area contributed by atoms with Crippen LogP contribution in [-0.2, 0) is 11.3 Å². The van der Waals surface area contributed by atoms with Crippen molar-refractivity contribution in [3.05, 3.63) is 16.6 Å². The van der Waals surface area contributed by atoms with E-state index in [4.69, 9.17) is 4.74 Å². The van der Waals surface area contributed by atoms with Gasteiger partial charge in [0.05, 0.1) is 24.4 Å². The predicted octanol–water partition coefficient (Wildman–Crippen LogP) is 0.563. The van der Waals surface area contributed by atoms with Crippen molar-refractivity contribution < 1.29 is 4.74 Å². The smallest absolute Gasteiger partial charge is 0.0795 e. The minimum absolute atomic E-state index is 0.461. The fraction of sp³-hybridized carbons (Fsp3) is 0.700. The van der Waals surface area contributed by atoms with Crippen molar-refractivity contribution >= 4 is 11.3 Å². The van der Waals surface area contributed by atoms with Gasteiger partial charge in [-0.2, -0.15) is 0 Å². The molecule has 1 fully saturated rings. The second-order valence-corrected chi connectivity index (χ2v) is 4.62. The number of aromatic nitrogens is 1. The summed E-state index contributed by atoms with van der Waals surface area (Å²) >= 11 is 1.65. The number of nitrogens with zero attached hydrogens (tertiary/aromatic N) is 2. The lowest BCUT2D eigenvalue weighted by atomic mass is 10.2. The summed E-state index contributed by atoms with van der Waals surface area (Å²) in [4.78, 5) is 6.55. The molecular weight excluding hydrogens is 210 g/mol. The Morgan fingerprint density at radius 2 is 2.67 bits per heavy atom. The van der Waals surface area contributed by atoms with Gasteiger partial charge in [0.15, 0.2) is 0 Å². The van der Waals surface area contributed by atoms with E-state index in [1.54, 1.807) is 11.3 Å². The molecule has 0 radical (unpaired) electrons. The summed E-state index contributed by atoms with van der Waals surface area (Å²) in [5, 5.41) is 5.54. The molecule has 4 nitrogen and oxygen atoms in total. The highest BCUT2D eigenvalue weighted by atomic mass is 32.1. The molecule has 0 spiro atoms. The van der Waals surface area contributed by atoms with Gasteiger partial charge in [0.25, 0.3) is 0 Å². The number of thiazole rings is 1. The van der Waals surface area contributed by atoms with Crippen LogP contribution in [0.2, 0.25) is 0 Å². The molecule has 0 aliphatic carbocycles. The predicted molar refractivity (Wildman–Crippen MR) is 61.1 cm³/mol. The first-order valence-corrected chi connectivity index (χ1v) is 6.15. The lowest BCUT2D eigenvalue weighted by Crippen LogP contribution is -2.47. The SMILES string of the molecule is CN(Cc1cscn1)CC1COCCN1. The molecule has 1 aliphatic rings. The van der Waals surface area contributed by atoms with E-state index in [9.17, 15) is 0 Å². The first-order chi connectivity index (χ1) is 7.34. The van der Waals surface area contributed by atoms with Gasteiger partial charge in [-0.3, -0.25) is 4.90 Å². The molecule has 0 saturated carbocycles. The quantitative estimate of drug-likeness (QED) is 0.816. The third-order valence-corrected chi connectivity index (χ3v) is 3.08. The van der Waals surface area contributed by atoms with Gasteiger partial charge in [0.1, 0.15) is 0 Å². The van der Waals surface area contributed by atoms with Gasteiger partial charge in [-0.05, 0) is 7.05 Å². The summed E-state index contributed by atoms with van der Waals surface area (Å²) in [5.41, 5.74) is 3.03. The van der Waals surface area contributed by atoms with Crippen molar-refractivity contribution in [2.75, 3.05) is 33.4 Å². The Balaban J connectivity index is 1.74. The molecule has 0 bridgehead atoms. The molecule has 1 unspecified atom stereocenters. The van der Waals surface area contributed by atoms with E-state index >= 15 is 0 Å². The lowest BCUT2D eigenvalue weighted by Gasteiger charge is -2.27. The molecular formula is C10H17N3OS. The van der Waals surface area contributed by atoms with E-state index in [0.717, 1.165) is 38.5 Å². The van der Waals surface area contributed by atoms with Crippen molar-refractivity contribution in [2.24, 2.45) is 0 Å². The summed E-state index contributed by atoms with van der Waals surface area (Å²) in [5.74, 6) is 0. The maximum absolute atomic E-state index is 5.42. The fourth-order valence-corrected chi connectivity index (χ4v) is 2.32. The summed E-state index contributed by atoms with van der Waals surface area (Å²) in [6, 6.07) is 0.461. The number of likely N-dealkylation sites (N-methyl/N-ethyl adjacent to an activating group) is 1. The van der Waals surface area contributed by atoms with Crippen LogP contribution in [0.3, 0.4) is 0 Å². The van der Waals surface area contributed by atoms with Crippen molar-refractivity contribution in [3.8, 4) is 0 Å². The fourth-order valence-electron chi connectivity index (χ4n) is 1.77. The molecule has 5 heteroatoms. The van der Waals surface area contributed by atoms with E-state index in [-0.39, 0.29) is 0 Å². The molecule has 1 aromatic rings. The van der Waals surface area contributed by atoms with Crippen LogP contribution >= 0.6 is 11.3 Å². The van der Waals surface area contributed by atoms with Gasteiger partial charge in [-0.1, -0.05) is 0 Å². The minimum Gasteiger partial charge on any atom is -0.378 e. The first kappa shape index (κ1) is 11.0. The number of rotatable bonds is 4. The van der Waals surface area contributed by atoms with Crippen LogP contribution in [0.25, 0.3) is 0 Å². The summed E-state index contributed by atoms with van der Waals surface area (Å²) in [7, 11) is 2.12. The van der Waals surface area contributed by atoms with Gasteiger partial charge in [0.2, 0.25) is 0 Å². The number of nitrogens with one attached hydrogen (secondary N) is 1. The van der Waals surface area contributed by atoms with E-state index in [0.29, 0.717) is 6.04 Å². The topological polar surface area (TPSA) is 37.4 Å². The Kier molecular flexibility index (Phi) is 4.08. The first-order valence-electron chi connectivity index (χ1n) is 5.21. The van der Waals surface area contributed by atoms with Gasteiger partial charge in [0, 0.05) is 31.1 Å². The number of hydrogen-bond donors (Lipinski definition) is 1. The summed E-state index contributed by atoms with van der Waals surface area (Å²) < 4.78 is 5.42. The van der Waals surface area contributed by atoms with Crippen molar-refractivity contribution in [2.45, 2.75) is 12.6 Å². The van der Waals surface area contributed by atoms with Crippen LogP contribution in [0.4, 0.5) is 0 Å². The van der Waals surface area contributed by atoms with E-state index in [2.05, 4.69) is 27.6 Å². The maximum atomic E-state index is 5.42. The van der Waals surface area contributed by atoms with Crippen LogP contribution in [0.5, 0.6) is 0 Å². The molecule has 1 aliphatic heterocycles. The Morgan fingerprint density at radius 1 is 1.73 bits per heavy atom. The zero-order valence-corrected chi connectivity index (χ0v) is 9.80. The number of ether oxygens (including phenoxy) is 1. The second-order valence-electron chi connectivity index (χ2n) is 3.90. The van der Waals surface area contributed by atoms with Crippen LogP contribution in [-0.4, -0.2) is 49.3 Å². The lowest BCUT2D eigenvalue weighted by molar-refractivity contribution is 0.0644. The third-order valence-electron chi connectivity index (χ3n) is 2.45. The number of morpholine rings is 1. The monoisotopic (exact) mass is 227 g/mol. The largest absolute Gasteiger partial charge is 0.378 e. The molecule has 1 N–H and O–H groups in total. The van der Waals surface area contributed by atoms with Crippen LogP contribution in [0.1, 0.15) is 5.69 Å². The standard InChI is InChI=1S/C10H17N3OS/c1-13(5-10-7-15-8-12-10)4-9-6-14-3-2-11-9/h7-9,11H,2-6H2,1H3. The normalized spacial score (nSPS) is 22.1. The zero-order valence-electron chi connectivity index (χ0n) is 8.98. The highest BCUT2D eigenvalue weighted by molar-refractivity contribution is 7.07. The average Bonchev–Trinajstić information content (AvgIpc) is 2.71. The highest BCUT2D eigenvalue weighted by Gasteiger charge is 2.15. The molecule has 0 amide bonds. The molecule has 0 aromatic carbocycles. The molecule has 1 saturated heterocycles. The van der Waals surface area contributed by atoms with E-state index in [1.165, 1.54) is 0 Å². The van der Waals surface area contributed by atoms with Crippen LogP contribution in [0, 0.1) is 0 Å². The van der Waals surface area contributed by atoms with Crippen molar-refractivity contribution in [1.82, 2.24) is 15.2 Å². The Bertz CT molecular complexity index is 272. The molecule has 2 heterocycles. The zero-order chi connectivity index (χ0) is 10.5. The Hall–Kier alpha value is -0.490. The molecule has 1 atom stereocenters. The summed E-state index contributed by atoms with van der Waals surface area (Å²) in [6.45, 7) is 4.56. The van der Waals surface area contributed by atoms with E-state index in [1.807, 2.05) is 5.51 Å². The van der Waals surface area contributed by atoms with Crippen LogP contribution < -0.4 is 5.32 Å². The highest BCUT2D eigenvalue weighted by Crippen LogP contribution is 2.05. The van der Waals surface area contributed by atoms with Gasteiger partial charge >= 0.3 is 0 Å². The third kappa shape index (κ3) is 3.53. The Morgan fingerprint density at radius 3 is 3.33 bits per heavy atom. The van der Waals surface area contributed by atoms with Gasteiger partial charge < -0.3 is 10.1 Å².